The Kier molecular flexibility index (Phi) is 5.42. The monoisotopic (exact) mass is 330 g/mol. The molecule has 0 bridgehead atoms. The van der Waals surface area contributed by atoms with E-state index in [2.05, 4.69) is 21.2 Å². The first kappa shape index (κ1) is 14.6. The second-order valence-electron chi connectivity index (χ2n) is 4.81. The van der Waals surface area contributed by atoms with E-state index in [1.807, 2.05) is 12.1 Å². The van der Waals surface area contributed by atoms with Gasteiger partial charge in [0.2, 0.25) is 5.91 Å². The van der Waals surface area contributed by atoms with Crippen LogP contribution >= 0.6 is 15.9 Å². The summed E-state index contributed by atoms with van der Waals surface area (Å²) in [6.07, 6.45) is 2.28. The number of hydrogen-bond donors (Lipinski definition) is 2. The van der Waals surface area contributed by atoms with Crippen molar-refractivity contribution in [3.05, 3.63) is 22.6 Å². The minimum atomic E-state index is -0.274. The molecule has 0 aromatic carbocycles. The van der Waals surface area contributed by atoms with Gasteiger partial charge in [0.25, 0.3) is 0 Å². The van der Waals surface area contributed by atoms with E-state index in [9.17, 15) is 4.79 Å². The molecule has 106 valence electrons. The summed E-state index contributed by atoms with van der Waals surface area (Å²) in [5.41, 5.74) is 5.33. The third-order valence-electron chi connectivity index (χ3n) is 3.42. The number of halogens is 1. The lowest BCUT2D eigenvalue weighted by Crippen LogP contribution is -2.41. The summed E-state index contributed by atoms with van der Waals surface area (Å²) >= 11 is 3.27. The lowest BCUT2D eigenvalue weighted by atomic mass is 9.89. The van der Waals surface area contributed by atoms with Crippen molar-refractivity contribution >= 4 is 21.8 Å². The minimum absolute atomic E-state index is 0.0882. The van der Waals surface area contributed by atoms with Gasteiger partial charge in [0.15, 0.2) is 4.67 Å². The number of hydrogen-bond acceptors (Lipinski definition) is 4. The molecule has 0 unspecified atom stereocenters. The van der Waals surface area contributed by atoms with E-state index in [-0.39, 0.29) is 11.9 Å². The maximum absolute atomic E-state index is 11.2. The molecule has 1 atom stereocenters. The predicted octanol–water partition coefficient (Wildman–Crippen LogP) is 1.80. The highest BCUT2D eigenvalue weighted by molar-refractivity contribution is 9.10. The smallest absolute Gasteiger partial charge is 0.218 e. The number of carbonyl (C=O) groups is 1. The molecule has 1 aromatic heterocycles. The quantitative estimate of drug-likeness (QED) is 0.833. The number of nitrogens with one attached hydrogen (secondary N) is 1. The van der Waals surface area contributed by atoms with Crippen molar-refractivity contribution in [2.45, 2.75) is 31.8 Å². The molecule has 2 heterocycles. The van der Waals surface area contributed by atoms with Crippen LogP contribution in [0.4, 0.5) is 0 Å². The molecule has 0 aliphatic carbocycles. The number of furan rings is 1. The molecule has 1 fully saturated rings. The highest BCUT2D eigenvalue weighted by atomic mass is 79.9. The van der Waals surface area contributed by atoms with Gasteiger partial charge in [-0.1, -0.05) is 0 Å². The van der Waals surface area contributed by atoms with Crippen molar-refractivity contribution in [2.24, 2.45) is 11.7 Å². The van der Waals surface area contributed by atoms with E-state index in [0.29, 0.717) is 23.6 Å². The number of amides is 1. The van der Waals surface area contributed by atoms with Crippen molar-refractivity contribution in [1.29, 1.82) is 0 Å². The fourth-order valence-corrected chi connectivity index (χ4v) is 2.76. The summed E-state index contributed by atoms with van der Waals surface area (Å²) in [5.74, 6) is 0.998. The molecule has 0 saturated carbocycles. The maximum atomic E-state index is 11.2. The highest BCUT2D eigenvalue weighted by Crippen LogP contribution is 2.21. The molecule has 5 nitrogen and oxygen atoms in total. The molecule has 2 rings (SSSR count). The van der Waals surface area contributed by atoms with Crippen molar-refractivity contribution in [2.75, 3.05) is 13.2 Å². The summed E-state index contributed by atoms with van der Waals surface area (Å²) < 4.78 is 11.5. The molecule has 1 aliphatic heterocycles. The van der Waals surface area contributed by atoms with Crippen LogP contribution in [0.3, 0.4) is 0 Å². The van der Waals surface area contributed by atoms with Crippen molar-refractivity contribution < 1.29 is 13.9 Å². The Labute approximate surface area is 121 Å². The maximum Gasteiger partial charge on any atom is 0.218 e. The van der Waals surface area contributed by atoms with Crippen LogP contribution in [0.2, 0.25) is 0 Å². The summed E-state index contributed by atoms with van der Waals surface area (Å²) in [7, 11) is 0. The second-order valence-corrected chi connectivity index (χ2v) is 5.60. The molecular formula is C13H19BrN2O3. The Morgan fingerprint density at radius 1 is 1.47 bits per heavy atom. The Morgan fingerprint density at radius 3 is 2.79 bits per heavy atom. The van der Waals surface area contributed by atoms with E-state index in [1.54, 1.807) is 0 Å². The molecular weight excluding hydrogens is 312 g/mol. The van der Waals surface area contributed by atoms with Crippen LogP contribution in [0.5, 0.6) is 0 Å². The standard InChI is InChI=1S/C13H19BrN2O3/c14-12-2-1-10(19-12)8-16-11(7-13(15)17)9-3-5-18-6-4-9/h1-2,9,11,16H,3-8H2,(H2,15,17)/t11-/m0/s1. The summed E-state index contributed by atoms with van der Waals surface area (Å²) in [6, 6.07) is 3.85. The van der Waals surface area contributed by atoms with E-state index >= 15 is 0 Å². The predicted molar refractivity (Wildman–Crippen MR) is 74.4 cm³/mol. The Bertz CT molecular complexity index is 416. The first-order valence-corrected chi connectivity index (χ1v) is 7.28. The molecule has 1 amide bonds. The number of rotatable bonds is 6. The largest absolute Gasteiger partial charge is 0.453 e. The average molecular weight is 331 g/mol. The van der Waals surface area contributed by atoms with Crippen LogP contribution in [0.25, 0.3) is 0 Å². The van der Waals surface area contributed by atoms with Crippen molar-refractivity contribution in [3.8, 4) is 0 Å². The van der Waals surface area contributed by atoms with E-state index in [1.165, 1.54) is 0 Å². The van der Waals surface area contributed by atoms with Gasteiger partial charge >= 0.3 is 0 Å². The molecule has 3 N–H and O–H groups in total. The lowest BCUT2D eigenvalue weighted by molar-refractivity contribution is -0.119. The fourth-order valence-electron chi connectivity index (χ4n) is 2.42. The van der Waals surface area contributed by atoms with Gasteiger partial charge in [-0.3, -0.25) is 4.79 Å². The van der Waals surface area contributed by atoms with Gasteiger partial charge in [-0.25, -0.2) is 0 Å². The fraction of sp³-hybridized carbons (Fsp3) is 0.615. The zero-order valence-corrected chi connectivity index (χ0v) is 12.3. The highest BCUT2D eigenvalue weighted by Gasteiger charge is 2.25. The Hall–Kier alpha value is -0.850. The van der Waals surface area contributed by atoms with Gasteiger partial charge in [0, 0.05) is 25.7 Å². The van der Waals surface area contributed by atoms with Gasteiger partial charge in [-0.05, 0) is 46.8 Å². The van der Waals surface area contributed by atoms with Gasteiger partial charge in [-0.15, -0.1) is 0 Å². The SMILES string of the molecule is NC(=O)C[C@H](NCc1ccc(Br)o1)C1CCOCC1. The zero-order valence-electron chi connectivity index (χ0n) is 10.7. The topological polar surface area (TPSA) is 77.5 Å². The minimum Gasteiger partial charge on any atom is -0.453 e. The number of ether oxygens (including phenoxy) is 1. The van der Waals surface area contributed by atoms with Crippen LogP contribution in [0.15, 0.2) is 21.2 Å². The third kappa shape index (κ3) is 4.63. The van der Waals surface area contributed by atoms with Gasteiger partial charge in [-0.2, -0.15) is 0 Å². The van der Waals surface area contributed by atoms with Crippen molar-refractivity contribution in [3.63, 3.8) is 0 Å². The summed E-state index contributed by atoms with van der Waals surface area (Å²) in [4.78, 5) is 11.2. The van der Waals surface area contributed by atoms with E-state index < -0.39 is 0 Å². The van der Waals surface area contributed by atoms with Crippen LogP contribution in [-0.2, 0) is 16.1 Å². The second kappa shape index (κ2) is 7.07. The van der Waals surface area contributed by atoms with Gasteiger partial charge in [0.1, 0.15) is 5.76 Å². The Balaban J connectivity index is 1.90. The first-order valence-electron chi connectivity index (χ1n) is 6.49. The van der Waals surface area contributed by atoms with E-state index in [4.69, 9.17) is 14.9 Å². The lowest BCUT2D eigenvalue weighted by Gasteiger charge is -2.30. The first-order chi connectivity index (χ1) is 9.15. The molecule has 1 aliphatic rings. The summed E-state index contributed by atoms with van der Waals surface area (Å²) in [5, 5.41) is 3.38. The number of nitrogens with two attached hydrogens (primary N) is 1. The molecule has 0 spiro atoms. The molecule has 1 saturated heterocycles. The van der Waals surface area contributed by atoms with Crippen LogP contribution in [0, 0.1) is 5.92 Å². The van der Waals surface area contributed by atoms with Crippen molar-refractivity contribution in [1.82, 2.24) is 5.32 Å². The zero-order chi connectivity index (χ0) is 13.7. The molecule has 6 heteroatoms. The summed E-state index contributed by atoms with van der Waals surface area (Å²) in [6.45, 7) is 2.11. The normalized spacial score (nSPS) is 18.4. The van der Waals surface area contributed by atoms with Crippen LogP contribution < -0.4 is 11.1 Å². The van der Waals surface area contributed by atoms with E-state index in [0.717, 1.165) is 31.8 Å². The molecule has 19 heavy (non-hydrogen) atoms. The number of primary amides is 1. The van der Waals surface area contributed by atoms with Crippen LogP contribution in [-0.4, -0.2) is 25.2 Å². The third-order valence-corrected chi connectivity index (χ3v) is 3.85. The molecule has 1 aromatic rings. The average Bonchev–Trinajstić information content (AvgIpc) is 2.81. The molecule has 0 radical (unpaired) electrons. The van der Waals surface area contributed by atoms with Crippen LogP contribution in [0.1, 0.15) is 25.0 Å². The number of carbonyl (C=O) groups excluding carboxylic acids is 1. The van der Waals surface area contributed by atoms with Gasteiger partial charge in [0.05, 0.1) is 6.54 Å². The van der Waals surface area contributed by atoms with Gasteiger partial charge < -0.3 is 20.2 Å². The Morgan fingerprint density at radius 2 is 2.21 bits per heavy atom.